The van der Waals surface area contributed by atoms with Crippen molar-refractivity contribution in [2.24, 2.45) is 0 Å². The number of amides is 1. The number of carbonyl (C=O) groups is 1. The van der Waals surface area contributed by atoms with Crippen LogP contribution in [0, 0.1) is 10.1 Å². The molecule has 0 unspecified atom stereocenters. The van der Waals surface area contributed by atoms with E-state index in [1.165, 1.54) is 7.11 Å². The molecule has 1 heterocycles. The minimum Gasteiger partial charge on any atom is -0.497 e. The van der Waals surface area contributed by atoms with Gasteiger partial charge in [0, 0.05) is 11.3 Å². The molecule has 2 aromatic carbocycles. The second-order valence-electron chi connectivity index (χ2n) is 6.16. The fourth-order valence-electron chi connectivity index (χ4n) is 2.63. The summed E-state index contributed by atoms with van der Waals surface area (Å²) >= 11 is 0. The van der Waals surface area contributed by atoms with Crippen molar-refractivity contribution in [3.8, 4) is 5.75 Å². The van der Waals surface area contributed by atoms with E-state index in [0.29, 0.717) is 17.0 Å². The third kappa shape index (κ3) is 4.79. The molecule has 0 spiro atoms. The van der Waals surface area contributed by atoms with Crippen LogP contribution in [0.15, 0.2) is 54.9 Å². The van der Waals surface area contributed by atoms with Crippen LogP contribution in [0.5, 0.6) is 5.75 Å². The largest absolute Gasteiger partial charge is 0.497 e. The van der Waals surface area contributed by atoms with E-state index in [1.54, 1.807) is 24.3 Å². The first-order valence-corrected chi connectivity index (χ1v) is 9.07. The Labute approximate surface area is 172 Å². The summed E-state index contributed by atoms with van der Waals surface area (Å²) in [5.41, 5.74) is 6.63. The molecule has 0 radical (unpaired) electrons. The molecule has 10 heteroatoms. The number of aromatic nitrogens is 2. The first kappa shape index (κ1) is 20.5. The molecule has 0 aliphatic rings. The third-order valence-corrected chi connectivity index (χ3v) is 4.28. The SMILES string of the molecule is CCc1ccc(Nc2ncnc(NNC(=O)c3ccc(OC)cc3)c2[N+](=O)[O-])cc1. The van der Waals surface area contributed by atoms with E-state index in [2.05, 4.69) is 26.1 Å². The second kappa shape index (κ2) is 9.32. The Hall–Kier alpha value is -4.21. The molecule has 154 valence electrons. The number of nitrogens with zero attached hydrogens (tertiary/aromatic N) is 3. The highest BCUT2D eigenvalue weighted by molar-refractivity contribution is 5.95. The summed E-state index contributed by atoms with van der Waals surface area (Å²) in [5, 5.41) is 14.6. The lowest BCUT2D eigenvalue weighted by Crippen LogP contribution is -2.30. The van der Waals surface area contributed by atoms with Crippen LogP contribution in [-0.4, -0.2) is 27.9 Å². The number of benzene rings is 2. The van der Waals surface area contributed by atoms with Gasteiger partial charge in [0.1, 0.15) is 12.1 Å². The summed E-state index contributed by atoms with van der Waals surface area (Å²) in [4.78, 5) is 31.2. The smallest absolute Gasteiger partial charge is 0.355 e. The molecule has 10 nitrogen and oxygen atoms in total. The molecular weight excluding hydrogens is 388 g/mol. The number of rotatable bonds is 8. The van der Waals surface area contributed by atoms with E-state index in [4.69, 9.17) is 4.74 Å². The average Bonchev–Trinajstić information content (AvgIpc) is 2.78. The summed E-state index contributed by atoms with van der Waals surface area (Å²) in [6, 6.07) is 13.9. The number of hydrogen-bond donors (Lipinski definition) is 3. The van der Waals surface area contributed by atoms with Gasteiger partial charge in [-0.15, -0.1) is 0 Å². The highest BCUT2D eigenvalue weighted by Gasteiger charge is 2.23. The number of ether oxygens (including phenoxy) is 1. The maximum Gasteiger partial charge on any atom is 0.355 e. The van der Waals surface area contributed by atoms with Crippen molar-refractivity contribution in [3.63, 3.8) is 0 Å². The number of nitrogens with one attached hydrogen (secondary N) is 3. The predicted octanol–water partition coefficient (Wildman–Crippen LogP) is 3.46. The van der Waals surface area contributed by atoms with Gasteiger partial charge in [-0.05, 0) is 48.4 Å². The quantitative estimate of drug-likeness (QED) is 0.381. The van der Waals surface area contributed by atoms with Crippen LogP contribution >= 0.6 is 0 Å². The fraction of sp³-hybridized carbons (Fsp3) is 0.150. The van der Waals surface area contributed by atoms with Crippen molar-refractivity contribution in [2.75, 3.05) is 17.9 Å². The highest BCUT2D eigenvalue weighted by Crippen LogP contribution is 2.30. The van der Waals surface area contributed by atoms with Crippen LogP contribution in [0.2, 0.25) is 0 Å². The zero-order valence-corrected chi connectivity index (χ0v) is 16.4. The molecule has 1 amide bonds. The molecule has 0 atom stereocenters. The van der Waals surface area contributed by atoms with Crippen molar-refractivity contribution in [3.05, 3.63) is 76.1 Å². The summed E-state index contributed by atoms with van der Waals surface area (Å²) < 4.78 is 5.05. The molecule has 0 saturated carbocycles. The summed E-state index contributed by atoms with van der Waals surface area (Å²) in [6.07, 6.45) is 2.05. The molecule has 1 aromatic heterocycles. The van der Waals surface area contributed by atoms with Crippen molar-refractivity contribution >= 4 is 28.9 Å². The predicted molar refractivity (Wildman–Crippen MR) is 112 cm³/mol. The van der Waals surface area contributed by atoms with Crippen LogP contribution in [0.1, 0.15) is 22.8 Å². The standard InChI is InChI=1S/C20H20N6O4/c1-3-13-4-8-15(9-5-13)23-18-17(26(28)29)19(22-12-21-18)24-25-20(27)14-6-10-16(30-2)11-7-14/h4-12H,3H2,1-2H3,(H,25,27)(H2,21,22,23,24). The van der Waals surface area contributed by atoms with Crippen LogP contribution < -0.4 is 20.9 Å². The van der Waals surface area contributed by atoms with Crippen molar-refractivity contribution in [2.45, 2.75) is 13.3 Å². The van der Waals surface area contributed by atoms with Crippen LogP contribution in [0.25, 0.3) is 0 Å². The number of methoxy groups -OCH3 is 1. The first-order valence-electron chi connectivity index (χ1n) is 9.07. The molecule has 30 heavy (non-hydrogen) atoms. The van der Waals surface area contributed by atoms with Gasteiger partial charge in [-0.25, -0.2) is 9.97 Å². The zero-order chi connectivity index (χ0) is 21.5. The lowest BCUT2D eigenvalue weighted by atomic mass is 10.1. The van der Waals surface area contributed by atoms with Crippen LogP contribution in [0.4, 0.5) is 23.0 Å². The maximum absolute atomic E-state index is 12.3. The van der Waals surface area contributed by atoms with E-state index in [0.717, 1.165) is 18.3 Å². The van der Waals surface area contributed by atoms with E-state index in [-0.39, 0.29) is 11.6 Å². The normalized spacial score (nSPS) is 10.2. The number of anilines is 3. The Kier molecular flexibility index (Phi) is 6.38. The van der Waals surface area contributed by atoms with Crippen LogP contribution in [-0.2, 0) is 6.42 Å². The molecule has 3 rings (SSSR count). The minimum absolute atomic E-state index is 0.000412. The molecule has 0 aliphatic carbocycles. The second-order valence-corrected chi connectivity index (χ2v) is 6.16. The Morgan fingerprint density at radius 2 is 1.73 bits per heavy atom. The van der Waals surface area contributed by atoms with Gasteiger partial charge in [-0.3, -0.25) is 25.8 Å². The minimum atomic E-state index is -0.620. The van der Waals surface area contributed by atoms with Crippen LogP contribution in [0.3, 0.4) is 0 Å². The fourth-order valence-corrected chi connectivity index (χ4v) is 2.63. The number of carbonyl (C=O) groups excluding carboxylic acids is 1. The van der Waals surface area contributed by atoms with Crippen molar-refractivity contribution in [1.82, 2.24) is 15.4 Å². The van der Waals surface area contributed by atoms with Crippen molar-refractivity contribution < 1.29 is 14.5 Å². The van der Waals surface area contributed by atoms with E-state index in [9.17, 15) is 14.9 Å². The van der Waals surface area contributed by atoms with Gasteiger partial charge >= 0.3 is 5.69 Å². The van der Waals surface area contributed by atoms with Gasteiger partial charge in [0.05, 0.1) is 12.0 Å². The molecule has 0 aliphatic heterocycles. The lowest BCUT2D eigenvalue weighted by Gasteiger charge is -2.11. The zero-order valence-electron chi connectivity index (χ0n) is 16.4. The Bertz CT molecular complexity index is 1040. The van der Waals surface area contributed by atoms with Crippen molar-refractivity contribution in [1.29, 1.82) is 0 Å². The highest BCUT2D eigenvalue weighted by atomic mass is 16.6. The van der Waals surface area contributed by atoms with Gasteiger partial charge in [-0.1, -0.05) is 19.1 Å². The van der Waals surface area contributed by atoms with Gasteiger partial charge in [-0.2, -0.15) is 0 Å². The lowest BCUT2D eigenvalue weighted by molar-refractivity contribution is -0.383. The summed E-state index contributed by atoms with van der Waals surface area (Å²) in [5.74, 6) is -0.0335. The Morgan fingerprint density at radius 1 is 1.07 bits per heavy atom. The number of aryl methyl sites for hydroxylation is 1. The van der Waals surface area contributed by atoms with E-state index < -0.39 is 16.5 Å². The average molecular weight is 408 g/mol. The third-order valence-electron chi connectivity index (χ3n) is 4.28. The number of hydrogen-bond acceptors (Lipinski definition) is 8. The van der Waals surface area contributed by atoms with Gasteiger partial charge in [0.2, 0.25) is 11.6 Å². The molecule has 0 saturated heterocycles. The summed E-state index contributed by atoms with van der Waals surface area (Å²) in [6.45, 7) is 2.04. The van der Waals surface area contributed by atoms with E-state index >= 15 is 0 Å². The van der Waals surface area contributed by atoms with Gasteiger partial charge in [0.15, 0.2) is 0 Å². The first-order chi connectivity index (χ1) is 14.5. The summed E-state index contributed by atoms with van der Waals surface area (Å²) in [7, 11) is 1.52. The molecule has 0 bridgehead atoms. The van der Waals surface area contributed by atoms with Gasteiger partial charge in [0.25, 0.3) is 5.91 Å². The molecular formula is C20H20N6O4. The van der Waals surface area contributed by atoms with E-state index in [1.807, 2.05) is 31.2 Å². The monoisotopic (exact) mass is 408 g/mol. The number of hydrazine groups is 1. The molecule has 3 N–H and O–H groups in total. The Balaban J connectivity index is 1.77. The van der Waals surface area contributed by atoms with Gasteiger partial charge < -0.3 is 10.1 Å². The Morgan fingerprint density at radius 3 is 2.33 bits per heavy atom. The molecule has 0 fully saturated rings. The number of nitro groups is 1. The maximum atomic E-state index is 12.3. The molecule has 3 aromatic rings. The topological polar surface area (TPSA) is 131 Å².